The Morgan fingerprint density at radius 2 is 1.83 bits per heavy atom. The van der Waals surface area contributed by atoms with Crippen molar-refractivity contribution in [3.63, 3.8) is 0 Å². The van der Waals surface area contributed by atoms with Gasteiger partial charge in [0.25, 0.3) is 0 Å². The van der Waals surface area contributed by atoms with Gasteiger partial charge in [-0.2, -0.15) is 0 Å². The molecule has 0 saturated carbocycles. The van der Waals surface area contributed by atoms with Crippen LogP contribution in [0.4, 0.5) is 5.69 Å². The minimum absolute atomic E-state index is 0.00584. The standard InChI is InChI=1S/C14H15ClN2S/c15-12-7-6-11(16)8-14(12)18-9-13(17)10-4-2-1-3-5-10/h1-8,13H,9,16-17H2. The highest BCUT2D eigenvalue weighted by atomic mass is 35.5. The molecule has 0 amide bonds. The molecule has 94 valence electrons. The SMILES string of the molecule is Nc1ccc(Cl)c(SCC(N)c2ccccc2)c1. The first-order chi connectivity index (χ1) is 8.66. The molecule has 2 nitrogen and oxygen atoms in total. The van der Waals surface area contributed by atoms with Gasteiger partial charge in [-0.25, -0.2) is 0 Å². The van der Waals surface area contributed by atoms with Gasteiger partial charge >= 0.3 is 0 Å². The van der Waals surface area contributed by atoms with Crippen LogP contribution in [-0.4, -0.2) is 5.75 Å². The second kappa shape index (κ2) is 6.14. The van der Waals surface area contributed by atoms with Crippen molar-refractivity contribution in [2.24, 2.45) is 5.73 Å². The van der Waals surface area contributed by atoms with Crippen LogP contribution in [-0.2, 0) is 0 Å². The van der Waals surface area contributed by atoms with Gasteiger partial charge in [0.05, 0.1) is 5.02 Å². The van der Waals surface area contributed by atoms with Gasteiger partial charge in [-0.3, -0.25) is 0 Å². The van der Waals surface area contributed by atoms with Gasteiger partial charge < -0.3 is 11.5 Å². The average molecular weight is 279 g/mol. The predicted molar refractivity (Wildman–Crippen MR) is 80.0 cm³/mol. The van der Waals surface area contributed by atoms with E-state index in [0.717, 1.165) is 26.9 Å². The van der Waals surface area contributed by atoms with Crippen LogP contribution in [0.1, 0.15) is 11.6 Å². The number of rotatable bonds is 4. The molecule has 0 aliphatic heterocycles. The third-order valence-electron chi connectivity index (χ3n) is 2.60. The largest absolute Gasteiger partial charge is 0.399 e. The maximum atomic E-state index is 6.14. The highest BCUT2D eigenvalue weighted by molar-refractivity contribution is 7.99. The Labute approximate surface area is 116 Å². The van der Waals surface area contributed by atoms with Crippen molar-refractivity contribution in [2.45, 2.75) is 10.9 Å². The zero-order valence-electron chi connectivity index (χ0n) is 9.84. The fraction of sp³-hybridized carbons (Fsp3) is 0.143. The molecule has 4 N–H and O–H groups in total. The van der Waals surface area contributed by atoms with Crippen molar-refractivity contribution in [1.29, 1.82) is 0 Å². The van der Waals surface area contributed by atoms with E-state index in [1.807, 2.05) is 42.5 Å². The number of nitrogen functional groups attached to an aromatic ring is 1. The lowest BCUT2D eigenvalue weighted by atomic mass is 10.1. The maximum absolute atomic E-state index is 6.14. The fourth-order valence-electron chi connectivity index (χ4n) is 1.61. The smallest absolute Gasteiger partial charge is 0.0543 e. The van der Waals surface area contributed by atoms with Crippen molar-refractivity contribution in [2.75, 3.05) is 11.5 Å². The molecule has 0 radical (unpaired) electrons. The molecule has 2 aromatic rings. The Balaban J connectivity index is 2.01. The zero-order valence-corrected chi connectivity index (χ0v) is 11.4. The van der Waals surface area contributed by atoms with Gasteiger partial charge in [-0.05, 0) is 23.8 Å². The summed E-state index contributed by atoms with van der Waals surface area (Å²) in [5.41, 5.74) is 13.7. The summed E-state index contributed by atoms with van der Waals surface area (Å²) in [5, 5.41) is 0.717. The third kappa shape index (κ3) is 3.42. The van der Waals surface area contributed by atoms with E-state index in [2.05, 4.69) is 0 Å². The second-order valence-electron chi connectivity index (χ2n) is 4.02. The normalized spacial score (nSPS) is 12.3. The molecule has 18 heavy (non-hydrogen) atoms. The molecule has 0 spiro atoms. The van der Waals surface area contributed by atoms with E-state index in [4.69, 9.17) is 23.1 Å². The molecular formula is C14H15ClN2S. The first kappa shape index (κ1) is 13.3. The Kier molecular flexibility index (Phi) is 4.53. The second-order valence-corrected chi connectivity index (χ2v) is 5.49. The molecule has 2 aromatic carbocycles. The van der Waals surface area contributed by atoms with Crippen molar-refractivity contribution in [3.05, 3.63) is 59.1 Å². The lowest BCUT2D eigenvalue weighted by Gasteiger charge is -2.12. The molecule has 1 unspecified atom stereocenters. The summed E-state index contributed by atoms with van der Waals surface area (Å²) in [7, 11) is 0. The molecule has 0 fully saturated rings. The van der Waals surface area contributed by atoms with Crippen molar-refractivity contribution < 1.29 is 0 Å². The van der Waals surface area contributed by atoms with Crippen LogP contribution < -0.4 is 11.5 Å². The first-order valence-corrected chi connectivity index (χ1v) is 7.01. The summed E-state index contributed by atoms with van der Waals surface area (Å²) < 4.78 is 0. The summed E-state index contributed by atoms with van der Waals surface area (Å²) in [6, 6.07) is 15.5. The minimum atomic E-state index is -0.00584. The van der Waals surface area contributed by atoms with Crippen molar-refractivity contribution in [1.82, 2.24) is 0 Å². The Morgan fingerprint density at radius 3 is 2.56 bits per heavy atom. The van der Waals surface area contributed by atoms with E-state index in [1.165, 1.54) is 0 Å². The van der Waals surface area contributed by atoms with Crippen LogP contribution in [0, 0.1) is 0 Å². The number of hydrogen-bond donors (Lipinski definition) is 2. The van der Waals surface area contributed by atoms with E-state index in [9.17, 15) is 0 Å². The minimum Gasteiger partial charge on any atom is -0.399 e. The van der Waals surface area contributed by atoms with Crippen molar-refractivity contribution >= 4 is 29.1 Å². The van der Waals surface area contributed by atoms with E-state index >= 15 is 0 Å². The number of anilines is 1. The van der Waals surface area contributed by atoms with Gasteiger partial charge in [0.1, 0.15) is 0 Å². The van der Waals surface area contributed by atoms with Crippen LogP contribution in [0.15, 0.2) is 53.4 Å². The van der Waals surface area contributed by atoms with Gasteiger partial charge in [0.2, 0.25) is 0 Å². The molecule has 4 heteroatoms. The zero-order chi connectivity index (χ0) is 13.0. The van der Waals surface area contributed by atoms with Crippen LogP contribution in [0.5, 0.6) is 0 Å². The Hall–Kier alpha value is -1.16. The molecule has 0 aromatic heterocycles. The number of nitrogens with two attached hydrogens (primary N) is 2. The lowest BCUT2D eigenvalue weighted by Crippen LogP contribution is -2.12. The Morgan fingerprint density at radius 1 is 1.11 bits per heavy atom. The number of thioether (sulfide) groups is 1. The van der Waals surface area contributed by atoms with E-state index in [0.29, 0.717) is 0 Å². The maximum Gasteiger partial charge on any atom is 0.0543 e. The average Bonchev–Trinajstić information content (AvgIpc) is 2.40. The third-order valence-corrected chi connectivity index (χ3v) is 4.22. The highest BCUT2D eigenvalue weighted by Crippen LogP contribution is 2.31. The van der Waals surface area contributed by atoms with Crippen molar-refractivity contribution in [3.8, 4) is 0 Å². The van der Waals surface area contributed by atoms with Gasteiger partial charge in [-0.15, -0.1) is 11.8 Å². The summed E-state index contributed by atoms with van der Waals surface area (Å²) in [5.74, 6) is 0.771. The number of benzene rings is 2. The van der Waals surface area contributed by atoms with Crippen LogP contribution >= 0.6 is 23.4 Å². The van der Waals surface area contributed by atoms with Gasteiger partial charge in [-0.1, -0.05) is 41.9 Å². The van der Waals surface area contributed by atoms with Crippen LogP contribution in [0.25, 0.3) is 0 Å². The summed E-state index contributed by atoms with van der Waals surface area (Å²) in [6.45, 7) is 0. The van der Waals surface area contributed by atoms with E-state index < -0.39 is 0 Å². The molecule has 2 rings (SSSR count). The number of halogens is 1. The molecule has 0 heterocycles. The predicted octanol–water partition coefficient (Wildman–Crippen LogP) is 3.71. The number of hydrogen-bond acceptors (Lipinski definition) is 3. The molecule has 0 bridgehead atoms. The molecule has 0 aliphatic carbocycles. The Bertz CT molecular complexity index is 516. The van der Waals surface area contributed by atoms with Gasteiger partial charge in [0.15, 0.2) is 0 Å². The van der Waals surface area contributed by atoms with Gasteiger partial charge in [0, 0.05) is 22.4 Å². The first-order valence-electron chi connectivity index (χ1n) is 5.65. The van der Waals surface area contributed by atoms with Crippen LogP contribution in [0.3, 0.4) is 0 Å². The van der Waals surface area contributed by atoms with E-state index in [-0.39, 0.29) is 6.04 Å². The monoisotopic (exact) mass is 278 g/mol. The molecule has 1 atom stereocenters. The fourth-order valence-corrected chi connectivity index (χ4v) is 2.86. The molecule has 0 saturated heterocycles. The lowest BCUT2D eigenvalue weighted by molar-refractivity contribution is 0.831. The summed E-state index contributed by atoms with van der Waals surface area (Å²) >= 11 is 7.74. The van der Waals surface area contributed by atoms with E-state index in [1.54, 1.807) is 17.8 Å². The summed E-state index contributed by atoms with van der Waals surface area (Å²) in [6.07, 6.45) is 0. The summed E-state index contributed by atoms with van der Waals surface area (Å²) in [4.78, 5) is 0.975. The highest BCUT2D eigenvalue weighted by Gasteiger charge is 2.08. The molecule has 0 aliphatic rings. The molecular weight excluding hydrogens is 264 g/mol. The van der Waals surface area contributed by atoms with Crippen LogP contribution in [0.2, 0.25) is 5.02 Å². The quantitative estimate of drug-likeness (QED) is 0.662. The topological polar surface area (TPSA) is 52.0 Å².